The maximum atomic E-state index is 8.72. The number of rotatable bonds is 5. The molecule has 2 atom stereocenters. The third kappa shape index (κ3) is 4.50. The van der Waals surface area contributed by atoms with Gasteiger partial charge in [-0.1, -0.05) is 48.5 Å². The number of nitriles is 2. The first-order chi connectivity index (χ1) is 10.6. The molecule has 0 N–H and O–H groups in total. The van der Waals surface area contributed by atoms with Crippen LogP contribution in [0.3, 0.4) is 0 Å². The van der Waals surface area contributed by atoms with Crippen molar-refractivity contribution in [2.24, 2.45) is 0 Å². The molecule has 0 saturated heterocycles. The van der Waals surface area contributed by atoms with E-state index in [1.54, 1.807) is 0 Å². The quantitative estimate of drug-likeness (QED) is 0.747. The maximum absolute atomic E-state index is 8.72. The molecule has 0 heterocycles. The van der Waals surface area contributed by atoms with Gasteiger partial charge < -0.3 is 0 Å². The van der Waals surface area contributed by atoms with Gasteiger partial charge in [0, 0.05) is 12.8 Å². The van der Waals surface area contributed by atoms with Crippen molar-refractivity contribution in [1.82, 2.24) is 0 Å². The van der Waals surface area contributed by atoms with Crippen molar-refractivity contribution in [2.75, 3.05) is 0 Å². The molecule has 0 aliphatic heterocycles. The van der Waals surface area contributed by atoms with Gasteiger partial charge in [-0.05, 0) is 22.3 Å². The molecule has 0 amide bonds. The summed E-state index contributed by atoms with van der Waals surface area (Å²) in [7, 11) is 0. The summed E-state index contributed by atoms with van der Waals surface area (Å²) in [6.07, 6.45) is 1.09. The lowest BCUT2D eigenvalue weighted by Crippen LogP contribution is -1.99. The minimum atomic E-state index is -0.492. The van der Waals surface area contributed by atoms with E-state index in [0.29, 0.717) is 12.8 Å². The normalized spacial score (nSPS) is 12.9. The zero-order valence-corrected chi connectivity index (χ0v) is 13.3. The molecule has 22 heavy (non-hydrogen) atoms. The van der Waals surface area contributed by atoms with Gasteiger partial charge >= 0.3 is 0 Å². The fourth-order valence-corrected chi connectivity index (χ4v) is 2.53. The summed E-state index contributed by atoms with van der Waals surface area (Å²) < 4.78 is 0. The molecule has 0 radical (unpaired) electrons. The smallest absolute Gasteiger partial charge is 0.124 e. The predicted molar refractivity (Wildman–Crippen MR) is 89.8 cm³/mol. The zero-order chi connectivity index (χ0) is 15.9. The molecule has 0 aliphatic carbocycles. The van der Waals surface area contributed by atoms with Crippen molar-refractivity contribution in [2.45, 2.75) is 23.6 Å². The SMILES string of the molecule is N#C[C@@H](Cl)Cc1ccc(-c2ccc(C[C@@H](Cl)C#N)cc2)cc1. The fourth-order valence-electron chi connectivity index (χ4n) is 2.17. The van der Waals surface area contributed by atoms with E-state index in [1.807, 2.05) is 60.7 Å². The predicted octanol–water partition coefficient (Wildman–Crippen LogP) is 4.70. The minimum absolute atomic E-state index is 0.492. The maximum Gasteiger partial charge on any atom is 0.124 e. The monoisotopic (exact) mass is 328 g/mol. The molecule has 2 rings (SSSR count). The summed E-state index contributed by atoms with van der Waals surface area (Å²) in [5, 5.41) is 16.5. The van der Waals surface area contributed by atoms with Crippen LogP contribution in [0, 0.1) is 22.7 Å². The third-order valence-corrected chi connectivity index (χ3v) is 3.85. The van der Waals surface area contributed by atoms with Crippen molar-refractivity contribution >= 4 is 23.2 Å². The Bertz CT molecular complexity index is 630. The van der Waals surface area contributed by atoms with E-state index in [-0.39, 0.29) is 0 Å². The van der Waals surface area contributed by atoms with Crippen molar-refractivity contribution in [3.8, 4) is 23.3 Å². The van der Waals surface area contributed by atoms with Crippen LogP contribution in [0.2, 0.25) is 0 Å². The number of hydrogen-bond donors (Lipinski definition) is 0. The van der Waals surface area contributed by atoms with Gasteiger partial charge in [0.05, 0.1) is 12.1 Å². The molecule has 0 bridgehead atoms. The zero-order valence-electron chi connectivity index (χ0n) is 11.8. The van der Waals surface area contributed by atoms with Gasteiger partial charge in [0.1, 0.15) is 10.8 Å². The highest BCUT2D eigenvalue weighted by Gasteiger charge is 2.06. The Morgan fingerprint density at radius 2 is 1.00 bits per heavy atom. The van der Waals surface area contributed by atoms with Gasteiger partial charge in [0.15, 0.2) is 0 Å². The Balaban J connectivity index is 2.09. The molecule has 0 saturated carbocycles. The second kappa shape index (κ2) is 7.85. The van der Waals surface area contributed by atoms with E-state index in [0.717, 1.165) is 22.3 Å². The summed E-state index contributed by atoms with van der Waals surface area (Å²) in [6.45, 7) is 0. The first-order valence-corrected chi connectivity index (χ1v) is 7.75. The summed E-state index contributed by atoms with van der Waals surface area (Å²) in [5.41, 5.74) is 4.28. The molecule has 0 aromatic heterocycles. The lowest BCUT2D eigenvalue weighted by atomic mass is 10.00. The molecule has 2 aromatic carbocycles. The van der Waals surface area contributed by atoms with Crippen molar-refractivity contribution < 1.29 is 0 Å². The van der Waals surface area contributed by atoms with Gasteiger partial charge in [0.2, 0.25) is 0 Å². The Morgan fingerprint density at radius 1 is 0.682 bits per heavy atom. The Kier molecular flexibility index (Phi) is 5.84. The number of alkyl halides is 2. The highest BCUT2D eigenvalue weighted by atomic mass is 35.5. The van der Waals surface area contributed by atoms with E-state index in [4.69, 9.17) is 33.7 Å². The van der Waals surface area contributed by atoms with Crippen molar-refractivity contribution in [1.29, 1.82) is 10.5 Å². The molecule has 0 fully saturated rings. The lowest BCUT2D eigenvalue weighted by Gasteiger charge is -2.07. The Hall–Kier alpha value is -2.00. The van der Waals surface area contributed by atoms with Gasteiger partial charge in [-0.3, -0.25) is 0 Å². The van der Waals surface area contributed by atoms with E-state index in [1.165, 1.54) is 0 Å². The second-order valence-electron chi connectivity index (χ2n) is 5.00. The average Bonchev–Trinajstić information content (AvgIpc) is 2.56. The molecule has 4 heteroatoms. The summed E-state index contributed by atoms with van der Waals surface area (Å²) >= 11 is 11.7. The third-order valence-electron chi connectivity index (χ3n) is 3.35. The van der Waals surface area contributed by atoms with E-state index in [2.05, 4.69) is 0 Å². The van der Waals surface area contributed by atoms with E-state index >= 15 is 0 Å². The summed E-state index contributed by atoms with van der Waals surface area (Å²) in [6, 6.07) is 20.1. The lowest BCUT2D eigenvalue weighted by molar-refractivity contribution is 1.02. The summed E-state index contributed by atoms with van der Waals surface area (Å²) in [4.78, 5) is 0. The Morgan fingerprint density at radius 3 is 1.27 bits per heavy atom. The van der Waals surface area contributed by atoms with Crippen LogP contribution in [0.4, 0.5) is 0 Å². The largest absolute Gasteiger partial charge is 0.197 e. The molecule has 0 aliphatic rings. The number of halogens is 2. The van der Waals surface area contributed by atoms with Crippen LogP contribution in [-0.2, 0) is 12.8 Å². The van der Waals surface area contributed by atoms with Crippen LogP contribution in [0.5, 0.6) is 0 Å². The molecule has 2 nitrogen and oxygen atoms in total. The molecule has 0 unspecified atom stereocenters. The molecule has 2 aromatic rings. The molecular formula is C18H14Cl2N2. The topological polar surface area (TPSA) is 47.6 Å². The van der Waals surface area contributed by atoms with Gasteiger partial charge in [-0.2, -0.15) is 10.5 Å². The van der Waals surface area contributed by atoms with E-state index in [9.17, 15) is 0 Å². The standard InChI is InChI=1S/C18H14Cl2N2/c19-17(11-21)9-13-1-5-15(6-2-13)16-7-3-14(4-8-16)10-18(20)12-22/h1-8,17-18H,9-10H2/t17-,18+. The molecular weight excluding hydrogens is 315 g/mol. The minimum Gasteiger partial charge on any atom is -0.197 e. The molecule has 110 valence electrons. The van der Waals surface area contributed by atoms with Crippen LogP contribution >= 0.6 is 23.2 Å². The first-order valence-electron chi connectivity index (χ1n) is 6.88. The average molecular weight is 329 g/mol. The van der Waals surface area contributed by atoms with E-state index < -0.39 is 10.8 Å². The first kappa shape index (κ1) is 16.4. The van der Waals surface area contributed by atoms with Crippen LogP contribution in [-0.4, -0.2) is 10.8 Å². The highest BCUT2D eigenvalue weighted by molar-refractivity contribution is 6.22. The fraction of sp³-hybridized carbons (Fsp3) is 0.222. The van der Waals surface area contributed by atoms with Crippen molar-refractivity contribution in [3.05, 3.63) is 59.7 Å². The number of nitrogens with zero attached hydrogens (tertiary/aromatic N) is 2. The number of hydrogen-bond acceptors (Lipinski definition) is 2. The van der Waals surface area contributed by atoms with Crippen LogP contribution in [0.25, 0.3) is 11.1 Å². The van der Waals surface area contributed by atoms with Gasteiger partial charge in [-0.25, -0.2) is 0 Å². The Labute approximate surface area is 140 Å². The molecule has 0 spiro atoms. The van der Waals surface area contributed by atoms with Crippen LogP contribution < -0.4 is 0 Å². The van der Waals surface area contributed by atoms with Crippen molar-refractivity contribution in [3.63, 3.8) is 0 Å². The number of benzene rings is 2. The van der Waals surface area contributed by atoms with Gasteiger partial charge in [0.25, 0.3) is 0 Å². The summed E-state index contributed by atoms with van der Waals surface area (Å²) in [5.74, 6) is 0. The van der Waals surface area contributed by atoms with Gasteiger partial charge in [-0.15, -0.1) is 23.2 Å². The highest BCUT2D eigenvalue weighted by Crippen LogP contribution is 2.22. The van der Waals surface area contributed by atoms with Crippen LogP contribution in [0.1, 0.15) is 11.1 Å². The van der Waals surface area contributed by atoms with Crippen LogP contribution in [0.15, 0.2) is 48.5 Å². The second-order valence-corrected chi connectivity index (χ2v) is 6.05.